The number of carbonyl (C=O) groups is 1. The van der Waals surface area contributed by atoms with Crippen LogP contribution in [0.1, 0.15) is 60.3 Å². The fraction of sp³-hybridized carbons (Fsp3) is 0.938. The highest BCUT2D eigenvalue weighted by Crippen LogP contribution is 2.47. The third kappa shape index (κ3) is 3.39. The minimum Gasteiger partial charge on any atom is -0.384 e. The van der Waals surface area contributed by atoms with E-state index in [9.17, 15) is 25.2 Å². The Morgan fingerprint density at radius 3 is 2.09 bits per heavy atom. The van der Waals surface area contributed by atoms with Crippen LogP contribution in [-0.2, 0) is 9.53 Å². The van der Waals surface area contributed by atoms with E-state index in [2.05, 4.69) is 12.2 Å². The van der Waals surface area contributed by atoms with E-state index in [-0.39, 0.29) is 0 Å². The van der Waals surface area contributed by atoms with Gasteiger partial charge in [0.1, 0.15) is 16.8 Å². The molecule has 23 heavy (non-hydrogen) atoms. The highest BCUT2D eigenvalue weighted by molar-refractivity contribution is 5.82. The van der Waals surface area contributed by atoms with E-state index >= 15 is 0 Å². The molecule has 5 unspecified atom stereocenters. The molecule has 1 rings (SSSR count). The SMILES string of the molecule is CCCCCCNC(=O)C1OC(C)(O)C(C)(O)C(C)(O)C1(C)O. The maximum absolute atomic E-state index is 12.3. The molecule has 0 bridgehead atoms. The highest BCUT2D eigenvalue weighted by atomic mass is 16.7. The smallest absolute Gasteiger partial charge is 0.252 e. The molecule has 0 radical (unpaired) electrons. The van der Waals surface area contributed by atoms with Crippen LogP contribution < -0.4 is 5.32 Å². The molecule has 0 spiro atoms. The van der Waals surface area contributed by atoms with Crippen molar-refractivity contribution in [3.05, 3.63) is 0 Å². The van der Waals surface area contributed by atoms with Crippen molar-refractivity contribution in [1.82, 2.24) is 5.32 Å². The van der Waals surface area contributed by atoms with Crippen LogP contribution in [0.25, 0.3) is 0 Å². The van der Waals surface area contributed by atoms with Crippen LogP contribution in [0.15, 0.2) is 0 Å². The minimum absolute atomic E-state index is 0.412. The van der Waals surface area contributed by atoms with Crippen LogP contribution in [0.3, 0.4) is 0 Å². The molecule has 1 heterocycles. The summed E-state index contributed by atoms with van der Waals surface area (Å²) in [5.74, 6) is -2.84. The summed E-state index contributed by atoms with van der Waals surface area (Å²) >= 11 is 0. The molecule has 7 heteroatoms. The molecule has 7 nitrogen and oxygen atoms in total. The second-order valence-corrected chi connectivity index (χ2v) is 7.12. The van der Waals surface area contributed by atoms with Gasteiger partial charge in [0.25, 0.3) is 5.91 Å². The number of carbonyl (C=O) groups excluding carboxylic acids is 1. The normalized spacial score (nSPS) is 44.1. The first-order valence-electron chi connectivity index (χ1n) is 8.18. The predicted octanol–water partition coefficient (Wildman–Crippen LogP) is 0.0432. The number of amides is 1. The standard InChI is InChI=1S/C16H31NO6/c1-6-7-8-9-10-17-12(18)11-13(2,19)14(3,20)15(4,21)16(5,22)23-11/h11,19-22H,6-10H2,1-5H3,(H,17,18). The van der Waals surface area contributed by atoms with Crippen LogP contribution in [0.2, 0.25) is 0 Å². The molecule has 1 fully saturated rings. The lowest BCUT2D eigenvalue weighted by Crippen LogP contribution is -2.82. The van der Waals surface area contributed by atoms with Gasteiger partial charge < -0.3 is 30.5 Å². The van der Waals surface area contributed by atoms with Gasteiger partial charge in [0.05, 0.1) is 0 Å². The number of hydrogen-bond acceptors (Lipinski definition) is 6. The third-order valence-electron chi connectivity index (χ3n) is 5.26. The molecule has 0 aromatic heterocycles. The van der Waals surface area contributed by atoms with Crippen LogP contribution >= 0.6 is 0 Å². The van der Waals surface area contributed by atoms with Gasteiger partial charge in [-0.05, 0) is 34.1 Å². The summed E-state index contributed by atoms with van der Waals surface area (Å²) in [6.45, 7) is 7.18. The van der Waals surface area contributed by atoms with E-state index in [0.29, 0.717) is 6.54 Å². The van der Waals surface area contributed by atoms with Crippen molar-refractivity contribution in [3.63, 3.8) is 0 Å². The largest absolute Gasteiger partial charge is 0.384 e. The zero-order chi connectivity index (χ0) is 18.1. The predicted molar refractivity (Wildman–Crippen MR) is 84.5 cm³/mol. The van der Waals surface area contributed by atoms with Gasteiger partial charge in [-0.1, -0.05) is 26.2 Å². The van der Waals surface area contributed by atoms with E-state index in [0.717, 1.165) is 39.5 Å². The van der Waals surface area contributed by atoms with Crippen molar-refractivity contribution < 1.29 is 30.0 Å². The molecule has 1 aliphatic heterocycles. The van der Waals surface area contributed by atoms with Crippen molar-refractivity contribution in [3.8, 4) is 0 Å². The van der Waals surface area contributed by atoms with Gasteiger partial charge in [0, 0.05) is 6.54 Å². The van der Waals surface area contributed by atoms with Crippen molar-refractivity contribution in [2.75, 3.05) is 6.54 Å². The van der Waals surface area contributed by atoms with Gasteiger partial charge in [-0.2, -0.15) is 0 Å². The van der Waals surface area contributed by atoms with Gasteiger partial charge in [-0.25, -0.2) is 0 Å². The van der Waals surface area contributed by atoms with Gasteiger partial charge >= 0.3 is 0 Å². The molecular formula is C16H31NO6. The second-order valence-electron chi connectivity index (χ2n) is 7.12. The van der Waals surface area contributed by atoms with Crippen molar-refractivity contribution in [1.29, 1.82) is 0 Å². The Morgan fingerprint density at radius 2 is 1.57 bits per heavy atom. The fourth-order valence-corrected chi connectivity index (χ4v) is 2.82. The van der Waals surface area contributed by atoms with Crippen molar-refractivity contribution in [2.45, 2.75) is 89.0 Å². The van der Waals surface area contributed by atoms with Gasteiger partial charge in [-0.15, -0.1) is 0 Å². The first-order valence-corrected chi connectivity index (χ1v) is 8.18. The van der Waals surface area contributed by atoms with E-state index in [1.807, 2.05) is 0 Å². The fourth-order valence-electron chi connectivity index (χ4n) is 2.82. The Morgan fingerprint density at radius 1 is 1.00 bits per heavy atom. The summed E-state index contributed by atoms with van der Waals surface area (Å²) in [5, 5.41) is 44.6. The lowest BCUT2D eigenvalue weighted by atomic mass is 9.65. The highest BCUT2D eigenvalue weighted by Gasteiger charge is 2.71. The Hall–Kier alpha value is -0.730. The zero-order valence-corrected chi connectivity index (χ0v) is 14.7. The quantitative estimate of drug-likeness (QED) is 0.438. The average Bonchev–Trinajstić information content (AvgIpc) is 2.42. The Kier molecular flexibility index (Phi) is 5.87. The van der Waals surface area contributed by atoms with Gasteiger partial charge in [0.2, 0.25) is 0 Å². The van der Waals surface area contributed by atoms with Crippen LogP contribution in [0, 0.1) is 0 Å². The zero-order valence-electron chi connectivity index (χ0n) is 14.7. The molecule has 0 aromatic rings. The minimum atomic E-state index is -2.21. The number of unbranched alkanes of at least 4 members (excludes halogenated alkanes) is 3. The average molecular weight is 333 g/mol. The van der Waals surface area contributed by atoms with E-state index in [1.54, 1.807) is 0 Å². The molecule has 1 aliphatic rings. The molecule has 1 saturated heterocycles. The van der Waals surface area contributed by atoms with Gasteiger partial charge in [-0.3, -0.25) is 4.79 Å². The molecule has 0 aromatic carbocycles. The monoisotopic (exact) mass is 333 g/mol. The number of rotatable bonds is 6. The molecule has 136 valence electrons. The summed E-state index contributed by atoms with van der Waals surface area (Å²) in [4.78, 5) is 12.3. The number of hydrogen-bond donors (Lipinski definition) is 5. The second kappa shape index (κ2) is 6.64. The molecule has 5 N–H and O–H groups in total. The third-order valence-corrected chi connectivity index (χ3v) is 5.26. The molecule has 5 atom stereocenters. The summed E-state index contributed by atoms with van der Waals surface area (Å²) < 4.78 is 5.26. The Balaban J connectivity index is 2.88. The van der Waals surface area contributed by atoms with Crippen LogP contribution in [0.5, 0.6) is 0 Å². The molecule has 0 saturated carbocycles. The van der Waals surface area contributed by atoms with E-state index in [4.69, 9.17) is 4.74 Å². The maximum atomic E-state index is 12.3. The van der Waals surface area contributed by atoms with E-state index in [1.165, 1.54) is 13.8 Å². The van der Waals surface area contributed by atoms with Crippen LogP contribution in [-0.4, -0.2) is 61.6 Å². The first kappa shape index (κ1) is 20.3. The number of ether oxygens (including phenoxy) is 1. The summed E-state index contributed by atoms with van der Waals surface area (Å²) in [6.07, 6.45) is 2.40. The lowest BCUT2D eigenvalue weighted by molar-refractivity contribution is -0.414. The number of nitrogens with one attached hydrogen (secondary N) is 1. The first-order chi connectivity index (χ1) is 10.3. The summed E-state index contributed by atoms with van der Waals surface area (Å²) in [7, 11) is 0. The van der Waals surface area contributed by atoms with Gasteiger partial charge in [0.15, 0.2) is 11.9 Å². The molecule has 1 amide bonds. The van der Waals surface area contributed by atoms with E-state index < -0.39 is 34.6 Å². The Labute approximate surface area is 137 Å². The molecular weight excluding hydrogens is 302 g/mol. The topological polar surface area (TPSA) is 119 Å². The lowest BCUT2D eigenvalue weighted by Gasteiger charge is -2.59. The molecule has 0 aliphatic carbocycles. The van der Waals surface area contributed by atoms with Crippen molar-refractivity contribution in [2.24, 2.45) is 0 Å². The maximum Gasteiger partial charge on any atom is 0.252 e. The van der Waals surface area contributed by atoms with Crippen molar-refractivity contribution >= 4 is 5.91 Å². The van der Waals surface area contributed by atoms with Crippen LogP contribution in [0.4, 0.5) is 0 Å². The Bertz CT molecular complexity index is 430. The summed E-state index contributed by atoms with van der Waals surface area (Å²) in [6, 6.07) is 0. The number of aliphatic hydroxyl groups is 4. The summed E-state index contributed by atoms with van der Waals surface area (Å²) in [5.41, 5.74) is -6.44.